The number of esters is 1. The molecule has 0 radical (unpaired) electrons. The van der Waals surface area contributed by atoms with Crippen molar-refractivity contribution in [2.24, 2.45) is 0 Å². The van der Waals surface area contributed by atoms with Gasteiger partial charge in [0.1, 0.15) is 22.1 Å². The minimum atomic E-state index is -0.341. The van der Waals surface area contributed by atoms with Crippen LogP contribution >= 0.6 is 22.9 Å². The number of hydrogen-bond donors (Lipinski definition) is 1. The van der Waals surface area contributed by atoms with Crippen molar-refractivity contribution in [2.45, 2.75) is 20.4 Å². The van der Waals surface area contributed by atoms with Crippen molar-refractivity contribution in [3.63, 3.8) is 0 Å². The molecule has 0 fully saturated rings. The number of halogens is 1. The van der Waals surface area contributed by atoms with E-state index in [1.165, 1.54) is 11.3 Å². The van der Waals surface area contributed by atoms with Gasteiger partial charge in [-0.1, -0.05) is 53.3 Å². The van der Waals surface area contributed by atoms with E-state index in [0.717, 1.165) is 34.1 Å². The SMILES string of the molecule is CCOC(=O)c1sc2nc(-c3ccccc3OC)c(NCc3ccccc3Cl)n2c1C. The van der Waals surface area contributed by atoms with E-state index < -0.39 is 0 Å². The molecule has 0 aliphatic carbocycles. The highest BCUT2D eigenvalue weighted by atomic mass is 35.5. The summed E-state index contributed by atoms with van der Waals surface area (Å²) in [6.45, 7) is 4.51. The maximum Gasteiger partial charge on any atom is 0.350 e. The Bertz CT molecular complexity index is 1250. The van der Waals surface area contributed by atoms with Crippen molar-refractivity contribution in [1.29, 1.82) is 0 Å². The van der Waals surface area contributed by atoms with Gasteiger partial charge in [0.2, 0.25) is 0 Å². The molecule has 0 atom stereocenters. The minimum Gasteiger partial charge on any atom is -0.496 e. The summed E-state index contributed by atoms with van der Waals surface area (Å²) in [5, 5.41) is 4.17. The van der Waals surface area contributed by atoms with E-state index in [1.807, 2.05) is 59.9 Å². The van der Waals surface area contributed by atoms with E-state index in [1.54, 1.807) is 14.0 Å². The standard InChI is InChI=1S/C23H22ClN3O3S/c1-4-30-22(28)20-14(2)27-21(25-13-15-9-5-7-11-17(15)24)19(26-23(27)31-20)16-10-6-8-12-18(16)29-3/h5-12,25H,4,13H2,1-3H3. The molecule has 4 aromatic rings. The first kappa shape index (κ1) is 21.2. The average molecular weight is 456 g/mol. The molecule has 0 saturated carbocycles. The molecule has 0 saturated heterocycles. The Balaban J connectivity index is 1.85. The van der Waals surface area contributed by atoms with Crippen LogP contribution in [0.5, 0.6) is 5.75 Å². The van der Waals surface area contributed by atoms with Crippen molar-refractivity contribution in [2.75, 3.05) is 19.0 Å². The van der Waals surface area contributed by atoms with Crippen LogP contribution in [0.4, 0.5) is 5.82 Å². The molecule has 8 heteroatoms. The number of thiazole rings is 1. The Morgan fingerprint density at radius 3 is 2.68 bits per heavy atom. The van der Waals surface area contributed by atoms with Crippen LogP contribution in [0.2, 0.25) is 5.02 Å². The second-order valence-electron chi connectivity index (χ2n) is 6.81. The van der Waals surface area contributed by atoms with Crippen molar-refractivity contribution < 1.29 is 14.3 Å². The molecule has 1 N–H and O–H groups in total. The number of fused-ring (bicyclic) bond motifs is 1. The van der Waals surface area contributed by atoms with E-state index in [9.17, 15) is 4.79 Å². The average Bonchev–Trinajstić information content (AvgIpc) is 3.30. The molecule has 2 aromatic carbocycles. The highest BCUT2D eigenvalue weighted by Crippen LogP contribution is 2.38. The molecule has 0 bridgehead atoms. The number of anilines is 1. The third-order valence-electron chi connectivity index (χ3n) is 4.93. The lowest BCUT2D eigenvalue weighted by Gasteiger charge is -2.12. The zero-order valence-corrected chi connectivity index (χ0v) is 19.0. The number of nitrogens with one attached hydrogen (secondary N) is 1. The van der Waals surface area contributed by atoms with Crippen LogP contribution in [0.25, 0.3) is 16.2 Å². The number of aryl methyl sites for hydroxylation is 1. The number of hydrogen-bond acceptors (Lipinski definition) is 6. The van der Waals surface area contributed by atoms with Crippen molar-refractivity contribution in [3.8, 4) is 17.0 Å². The summed E-state index contributed by atoms with van der Waals surface area (Å²) < 4.78 is 12.7. The summed E-state index contributed by atoms with van der Waals surface area (Å²) in [5.74, 6) is 1.15. The molecular formula is C23H22ClN3O3S. The van der Waals surface area contributed by atoms with Crippen LogP contribution in [0, 0.1) is 6.92 Å². The molecule has 160 valence electrons. The van der Waals surface area contributed by atoms with Gasteiger partial charge in [-0.05, 0) is 37.6 Å². The lowest BCUT2D eigenvalue weighted by Crippen LogP contribution is -2.07. The third kappa shape index (κ3) is 3.98. The van der Waals surface area contributed by atoms with E-state index in [-0.39, 0.29) is 5.97 Å². The number of aromatic nitrogens is 2. The topological polar surface area (TPSA) is 64.9 Å². The number of nitrogens with zero attached hydrogens (tertiary/aromatic N) is 2. The molecular weight excluding hydrogens is 434 g/mol. The van der Waals surface area contributed by atoms with E-state index in [0.29, 0.717) is 28.0 Å². The van der Waals surface area contributed by atoms with Crippen molar-refractivity contribution >= 4 is 39.7 Å². The lowest BCUT2D eigenvalue weighted by atomic mass is 10.1. The molecule has 0 aliphatic rings. The van der Waals surface area contributed by atoms with Gasteiger partial charge in [0.25, 0.3) is 0 Å². The second-order valence-corrected chi connectivity index (χ2v) is 8.19. The first-order chi connectivity index (χ1) is 15.0. The fourth-order valence-corrected chi connectivity index (χ4v) is 4.67. The molecule has 31 heavy (non-hydrogen) atoms. The highest BCUT2D eigenvalue weighted by Gasteiger charge is 2.24. The van der Waals surface area contributed by atoms with Crippen LogP contribution in [0.1, 0.15) is 27.9 Å². The first-order valence-corrected chi connectivity index (χ1v) is 11.0. The van der Waals surface area contributed by atoms with Crippen LogP contribution in [0.15, 0.2) is 48.5 Å². The van der Waals surface area contributed by atoms with E-state index in [2.05, 4.69) is 5.32 Å². The summed E-state index contributed by atoms with van der Waals surface area (Å²) in [6, 6.07) is 15.4. The number of para-hydroxylation sites is 1. The summed E-state index contributed by atoms with van der Waals surface area (Å²) >= 11 is 7.67. The Morgan fingerprint density at radius 2 is 1.94 bits per heavy atom. The van der Waals surface area contributed by atoms with Gasteiger partial charge in [-0.25, -0.2) is 9.78 Å². The fraction of sp³-hybridized carbons (Fsp3) is 0.217. The molecule has 6 nitrogen and oxygen atoms in total. The van der Waals surface area contributed by atoms with Gasteiger partial charge in [-0.3, -0.25) is 4.40 Å². The Labute approximate surface area is 189 Å². The molecule has 0 unspecified atom stereocenters. The van der Waals surface area contributed by atoms with Crippen molar-refractivity contribution in [3.05, 3.63) is 69.7 Å². The van der Waals surface area contributed by atoms with Gasteiger partial charge in [-0.15, -0.1) is 0 Å². The number of benzene rings is 2. The molecule has 0 spiro atoms. The van der Waals surface area contributed by atoms with Gasteiger partial charge < -0.3 is 14.8 Å². The summed E-state index contributed by atoms with van der Waals surface area (Å²) in [6.07, 6.45) is 0. The van der Waals surface area contributed by atoms with Gasteiger partial charge in [0.15, 0.2) is 4.96 Å². The van der Waals surface area contributed by atoms with Crippen LogP contribution in [0.3, 0.4) is 0 Å². The van der Waals surface area contributed by atoms with Crippen LogP contribution in [-0.2, 0) is 11.3 Å². The summed E-state index contributed by atoms with van der Waals surface area (Å²) in [5.41, 5.74) is 3.34. The second kappa shape index (κ2) is 8.99. The molecule has 2 heterocycles. The zero-order valence-electron chi connectivity index (χ0n) is 17.4. The largest absolute Gasteiger partial charge is 0.496 e. The Kier molecular flexibility index (Phi) is 6.15. The third-order valence-corrected chi connectivity index (χ3v) is 6.42. The van der Waals surface area contributed by atoms with Gasteiger partial charge in [0, 0.05) is 22.8 Å². The fourth-order valence-electron chi connectivity index (χ4n) is 3.44. The zero-order chi connectivity index (χ0) is 22.0. The Morgan fingerprint density at radius 1 is 1.19 bits per heavy atom. The monoisotopic (exact) mass is 455 g/mol. The number of imidazole rings is 1. The van der Waals surface area contributed by atoms with Crippen molar-refractivity contribution in [1.82, 2.24) is 9.38 Å². The first-order valence-electron chi connectivity index (χ1n) is 9.84. The van der Waals surface area contributed by atoms with Crippen LogP contribution < -0.4 is 10.1 Å². The molecule has 2 aromatic heterocycles. The number of ether oxygens (including phenoxy) is 2. The lowest BCUT2D eigenvalue weighted by molar-refractivity contribution is 0.0531. The normalized spacial score (nSPS) is 11.0. The van der Waals surface area contributed by atoms with E-state index >= 15 is 0 Å². The summed E-state index contributed by atoms with van der Waals surface area (Å²) in [7, 11) is 1.64. The molecule has 4 rings (SSSR count). The highest BCUT2D eigenvalue weighted by molar-refractivity contribution is 7.19. The summed E-state index contributed by atoms with van der Waals surface area (Å²) in [4.78, 5) is 18.5. The van der Waals surface area contributed by atoms with E-state index in [4.69, 9.17) is 26.1 Å². The van der Waals surface area contributed by atoms with Gasteiger partial charge >= 0.3 is 5.97 Å². The predicted molar refractivity (Wildman–Crippen MR) is 125 cm³/mol. The minimum absolute atomic E-state index is 0.322. The quantitative estimate of drug-likeness (QED) is 0.355. The van der Waals surface area contributed by atoms with Gasteiger partial charge in [-0.2, -0.15) is 0 Å². The number of rotatable bonds is 7. The smallest absolute Gasteiger partial charge is 0.350 e. The predicted octanol–water partition coefficient (Wildman–Crippen LogP) is 5.82. The number of methoxy groups -OCH3 is 1. The maximum atomic E-state index is 12.4. The molecule has 0 amide bonds. The maximum absolute atomic E-state index is 12.4. The Hall–Kier alpha value is -3.03. The van der Waals surface area contributed by atoms with Gasteiger partial charge in [0.05, 0.1) is 13.7 Å². The molecule has 0 aliphatic heterocycles. The van der Waals surface area contributed by atoms with Crippen LogP contribution in [-0.4, -0.2) is 29.1 Å². The number of carbonyl (C=O) groups is 1. The number of carbonyl (C=O) groups excluding carboxylic acids is 1.